The van der Waals surface area contributed by atoms with Gasteiger partial charge >= 0.3 is 0 Å². The molecule has 4 rings (SSSR count). The summed E-state index contributed by atoms with van der Waals surface area (Å²) < 4.78 is 16.7. The van der Waals surface area contributed by atoms with Gasteiger partial charge in [-0.1, -0.05) is 46.9 Å². The second-order valence-corrected chi connectivity index (χ2v) is 10.6. The molecule has 3 amide bonds. The molecule has 208 valence electrons. The van der Waals surface area contributed by atoms with E-state index in [-0.39, 0.29) is 11.5 Å². The van der Waals surface area contributed by atoms with E-state index in [0.29, 0.717) is 50.2 Å². The molecule has 0 saturated carbocycles. The first kappa shape index (κ1) is 29.6. The maximum absolute atomic E-state index is 13.0. The van der Waals surface area contributed by atoms with Crippen LogP contribution in [0.2, 0.25) is 15.1 Å². The van der Waals surface area contributed by atoms with E-state index in [4.69, 9.17) is 49.0 Å². The summed E-state index contributed by atoms with van der Waals surface area (Å²) in [6.45, 7) is 1.96. The summed E-state index contributed by atoms with van der Waals surface area (Å²) in [6.07, 6.45) is 1.56. The molecule has 1 N–H and O–H groups in total. The molecule has 0 aromatic heterocycles. The molecule has 3 aromatic carbocycles. The predicted molar refractivity (Wildman–Crippen MR) is 158 cm³/mol. The van der Waals surface area contributed by atoms with Crippen molar-refractivity contribution < 1.29 is 28.6 Å². The molecule has 8 nitrogen and oxygen atoms in total. The van der Waals surface area contributed by atoms with E-state index in [1.54, 1.807) is 54.6 Å². The highest BCUT2D eigenvalue weighted by molar-refractivity contribution is 8.18. The summed E-state index contributed by atoms with van der Waals surface area (Å²) in [5, 5.41) is 3.40. The maximum Gasteiger partial charge on any atom is 0.294 e. The van der Waals surface area contributed by atoms with E-state index in [1.807, 2.05) is 6.92 Å². The molecule has 1 saturated heterocycles. The molecule has 1 heterocycles. The fourth-order valence-electron chi connectivity index (χ4n) is 3.67. The molecule has 0 radical (unpaired) electrons. The Labute approximate surface area is 250 Å². The van der Waals surface area contributed by atoms with Gasteiger partial charge < -0.3 is 19.5 Å². The van der Waals surface area contributed by atoms with Crippen LogP contribution in [0.5, 0.6) is 17.2 Å². The van der Waals surface area contributed by atoms with Gasteiger partial charge in [-0.2, -0.15) is 0 Å². The molecule has 1 fully saturated rings. The molecule has 40 heavy (non-hydrogen) atoms. The predicted octanol–water partition coefficient (Wildman–Crippen LogP) is 7.31. The second kappa shape index (κ2) is 13.3. The Morgan fingerprint density at radius 1 is 0.950 bits per heavy atom. The van der Waals surface area contributed by atoms with Crippen molar-refractivity contribution in [3.05, 3.63) is 85.7 Å². The molecule has 0 atom stereocenters. The smallest absolute Gasteiger partial charge is 0.294 e. The van der Waals surface area contributed by atoms with Crippen molar-refractivity contribution in [2.24, 2.45) is 0 Å². The van der Waals surface area contributed by atoms with Crippen molar-refractivity contribution in [1.29, 1.82) is 0 Å². The van der Waals surface area contributed by atoms with Crippen LogP contribution in [0.1, 0.15) is 18.1 Å². The lowest BCUT2D eigenvalue weighted by Gasteiger charge is -2.14. The molecule has 0 unspecified atom stereocenters. The van der Waals surface area contributed by atoms with Crippen molar-refractivity contribution in [3.63, 3.8) is 0 Å². The van der Waals surface area contributed by atoms with Crippen LogP contribution in [0.3, 0.4) is 0 Å². The fraction of sp³-hybridized carbons (Fsp3) is 0.179. The van der Waals surface area contributed by atoms with Gasteiger partial charge in [-0.25, -0.2) is 0 Å². The Morgan fingerprint density at radius 2 is 1.73 bits per heavy atom. The minimum absolute atomic E-state index is 0.175. The van der Waals surface area contributed by atoms with E-state index < -0.39 is 23.6 Å². The summed E-state index contributed by atoms with van der Waals surface area (Å²) in [5.74, 6) is 0.264. The first-order valence-electron chi connectivity index (χ1n) is 11.9. The number of rotatable bonds is 10. The number of carbonyl (C=O) groups is 3. The monoisotopic (exact) mass is 620 g/mol. The zero-order valence-electron chi connectivity index (χ0n) is 21.3. The highest BCUT2D eigenvalue weighted by Crippen LogP contribution is 2.35. The van der Waals surface area contributed by atoms with Gasteiger partial charge in [0.05, 0.1) is 23.6 Å². The van der Waals surface area contributed by atoms with Crippen LogP contribution in [-0.4, -0.2) is 42.2 Å². The number of anilines is 1. The summed E-state index contributed by atoms with van der Waals surface area (Å²) in [6, 6.07) is 15.0. The van der Waals surface area contributed by atoms with Crippen LogP contribution in [-0.2, 0) is 16.2 Å². The largest absolute Gasteiger partial charge is 0.495 e. The summed E-state index contributed by atoms with van der Waals surface area (Å²) in [7, 11) is 1.48. The highest BCUT2D eigenvalue weighted by atomic mass is 35.5. The van der Waals surface area contributed by atoms with Gasteiger partial charge in [0, 0.05) is 21.3 Å². The van der Waals surface area contributed by atoms with Crippen molar-refractivity contribution >= 4 is 75.4 Å². The van der Waals surface area contributed by atoms with Crippen LogP contribution in [0, 0.1) is 0 Å². The third-order valence-electron chi connectivity index (χ3n) is 5.57. The van der Waals surface area contributed by atoms with Gasteiger partial charge in [-0.05, 0) is 72.8 Å². The average Bonchev–Trinajstić information content (AvgIpc) is 3.16. The Hall–Kier alpha value is -3.37. The third kappa shape index (κ3) is 7.22. The molecule has 1 aliphatic rings. The van der Waals surface area contributed by atoms with Crippen molar-refractivity contribution in [2.75, 3.05) is 25.6 Å². The molecule has 12 heteroatoms. The second-order valence-electron chi connectivity index (χ2n) is 8.33. The first-order valence-corrected chi connectivity index (χ1v) is 13.9. The number of nitrogens with zero attached hydrogens (tertiary/aromatic N) is 1. The normalized spacial score (nSPS) is 14.0. The van der Waals surface area contributed by atoms with Crippen LogP contribution >= 0.6 is 46.6 Å². The summed E-state index contributed by atoms with van der Waals surface area (Å²) in [4.78, 5) is 39.1. The van der Waals surface area contributed by atoms with E-state index in [2.05, 4.69) is 5.32 Å². The van der Waals surface area contributed by atoms with Gasteiger partial charge in [0.1, 0.15) is 18.9 Å². The molecular formula is C28H23Cl3N2O6S. The molecule has 1 aliphatic heterocycles. The van der Waals surface area contributed by atoms with Gasteiger partial charge in [0.15, 0.2) is 11.5 Å². The van der Waals surface area contributed by atoms with E-state index in [0.717, 1.165) is 22.2 Å². The number of hydrogen-bond acceptors (Lipinski definition) is 7. The van der Waals surface area contributed by atoms with Crippen LogP contribution in [0.15, 0.2) is 59.5 Å². The number of methoxy groups -OCH3 is 1. The van der Waals surface area contributed by atoms with Crippen LogP contribution < -0.4 is 19.5 Å². The van der Waals surface area contributed by atoms with Gasteiger partial charge in [0.25, 0.3) is 11.1 Å². The lowest BCUT2D eigenvalue weighted by Crippen LogP contribution is -2.36. The Kier molecular flexibility index (Phi) is 9.86. The average molecular weight is 622 g/mol. The number of hydrogen-bond donors (Lipinski definition) is 1. The van der Waals surface area contributed by atoms with Crippen molar-refractivity contribution in [3.8, 4) is 17.2 Å². The van der Waals surface area contributed by atoms with E-state index in [1.165, 1.54) is 13.2 Å². The quantitative estimate of drug-likeness (QED) is 0.237. The van der Waals surface area contributed by atoms with Gasteiger partial charge in [-0.15, -0.1) is 0 Å². The van der Waals surface area contributed by atoms with Crippen molar-refractivity contribution in [2.45, 2.75) is 13.5 Å². The Morgan fingerprint density at radius 3 is 2.42 bits per heavy atom. The van der Waals surface area contributed by atoms with Gasteiger partial charge in [0.2, 0.25) is 5.91 Å². The minimum atomic E-state index is -0.575. The topological polar surface area (TPSA) is 94.2 Å². The fourth-order valence-corrected chi connectivity index (χ4v) is 5.23. The number of imide groups is 1. The van der Waals surface area contributed by atoms with Crippen LogP contribution in [0.4, 0.5) is 10.5 Å². The number of nitrogens with one attached hydrogen (secondary N) is 1. The molecule has 3 aromatic rings. The van der Waals surface area contributed by atoms with Crippen molar-refractivity contribution in [1.82, 2.24) is 4.90 Å². The molecular weight excluding hydrogens is 599 g/mol. The number of carbonyl (C=O) groups excluding carboxylic acids is 3. The SMILES string of the molecule is CCOc1cc(/C=C2/SC(=O)N(CC(=O)Nc3ccc(OC)c(Cl)c3)C2=O)ccc1OCc1ccc(Cl)cc1Cl. The van der Waals surface area contributed by atoms with E-state index >= 15 is 0 Å². The Balaban J connectivity index is 1.44. The number of thioether (sulfide) groups is 1. The molecule has 0 bridgehead atoms. The number of benzene rings is 3. The molecule has 0 aliphatic carbocycles. The highest BCUT2D eigenvalue weighted by Gasteiger charge is 2.36. The van der Waals surface area contributed by atoms with Crippen LogP contribution in [0.25, 0.3) is 6.08 Å². The third-order valence-corrected chi connectivity index (χ3v) is 7.36. The first-order chi connectivity index (χ1) is 19.2. The Bertz CT molecular complexity index is 1500. The molecule has 0 spiro atoms. The maximum atomic E-state index is 13.0. The zero-order chi connectivity index (χ0) is 28.8. The van der Waals surface area contributed by atoms with E-state index in [9.17, 15) is 14.4 Å². The zero-order valence-corrected chi connectivity index (χ0v) is 24.4. The minimum Gasteiger partial charge on any atom is -0.495 e. The number of ether oxygens (including phenoxy) is 3. The summed E-state index contributed by atoms with van der Waals surface area (Å²) in [5.41, 5.74) is 1.77. The number of amides is 3. The number of halogens is 3. The standard InChI is InChI=1S/C28H23Cl3N2O6S/c1-3-38-24-10-16(4-8-23(24)39-15-17-5-6-18(29)12-20(17)30)11-25-27(35)33(28(36)40-25)14-26(34)32-19-7-9-22(37-2)21(31)13-19/h4-13H,3,14-15H2,1-2H3,(H,32,34)/b25-11+. The lowest BCUT2D eigenvalue weighted by atomic mass is 10.1. The van der Waals surface area contributed by atoms with Gasteiger partial charge in [-0.3, -0.25) is 19.3 Å². The lowest BCUT2D eigenvalue weighted by molar-refractivity contribution is -0.127. The summed E-state index contributed by atoms with van der Waals surface area (Å²) >= 11 is 19.0.